The Bertz CT molecular complexity index is 1550. The quantitative estimate of drug-likeness (QED) is 0.340. The molecule has 4 aromatic rings. The number of benzene rings is 2. The maximum atomic E-state index is 11.6. The number of fused-ring (bicyclic) bond motifs is 1. The van der Waals surface area contributed by atoms with E-state index in [-0.39, 0.29) is 11.7 Å². The molecule has 204 valence electrons. The van der Waals surface area contributed by atoms with Crippen LogP contribution in [0.3, 0.4) is 0 Å². The molecule has 10 nitrogen and oxygen atoms in total. The number of piperazine rings is 1. The van der Waals surface area contributed by atoms with Crippen LogP contribution < -0.4 is 9.64 Å². The second-order valence-electron chi connectivity index (χ2n) is 10.1. The van der Waals surface area contributed by atoms with Gasteiger partial charge in [-0.15, -0.1) is 0 Å². The van der Waals surface area contributed by atoms with Gasteiger partial charge in [-0.1, -0.05) is 6.07 Å². The molecule has 4 heterocycles. The van der Waals surface area contributed by atoms with E-state index >= 15 is 0 Å². The molecule has 2 aliphatic rings. The standard InChI is InChI=1S/C30H30N6O4/c31-16-21-4-6-23(32-17-21)20-40-25-3-1-2-24(15-25)35-11-9-34(10-12-35)19-29-33-27-7-5-22(30(37)38)14-28(27)36(29)18-26-8-13-39-26/h1-7,14-15,17,26H,8-13,18-20H2,(H,37,38). The maximum Gasteiger partial charge on any atom is 0.335 e. The number of nitriles is 1. The van der Waals surface area contributed by atoms with Crippen molar-refractivity contribution in [2.75, 3.05) is 37.7 Å². The minimum absolute atomic E-state index is 0.142. The van der Waals surface area contributed by atoms with Gasteiger partial charge < -0.3 is 24.0 Å². The lowest BCUT2D eigenvalue weighted by atomic mass is 10.1. The molecule has 2 fully saturated rings. The van der Waals surface area contributed by atoms with Gasteiger partial charge in [0.1, 0.15) is 24.3 Å². The number of pyridine rings is 1. The van der Waals surface area contributed by atoms with Crippen LogP contribution in [-0.2, 0) is 24.4 Å². The van der Waals surface area contributed by atoms with Crippen molar-refractivity contribution < 1.29 is 19.4 Å². The van der Waals surface area contributed by atoms with E-state index in [4.69, 9.17) is 19.7 Å². The Kier molecular flexibility index (Phi) is 7.31. The van der Waals surface area contributed by atoms with Crippen LogP contribution >= 0.6 is 0 Å². The van der Waals surface area contributed by atoms with Crippen LogP contribution in [-0.4, -0.2) is 69.4 Å². The first-order valence-electron chi connectivity index (χ1n) is 13.4. The molecule has 0 saturated carbocycles. The van der Waals surface area contributed by atoms with Crippen molar-refractivity contribution in [3.05, 3.63) is 83.4 Å². The van der Waals surface area contributed by atoms with E-state index in [1.54, 1.807) is 36.5 Å². The molecular weight excluding hydrogens is 508 g/mol. The van der Waals surface area contributed by atoms with Gasteiger partial charge in [-0.25, -0.2) is 9.78 Å². The van der Waals surface area contributed by atoms with Gasteiger partial charge in [0.25, 0.3) is 0 Å². The Labute approximate surface area is 232 Å². The van der Waals surface area contributed by atoms with Gasteiger partial charge >= 0.3 is 5.97 Å². The molecule has 0 amide bonds. The summed E-state index contributed by atoms with van der Waals surface area (Å²) >= 11 is 0. The van der Waals surface area contributed by atoms with Crippen molar-refractivity contribution in [1.29, 1.82) is 5.26 Å². The molecule has 1 N–H and O–H groups in total. The van der Waals surface area contributed by atoms with Crippen molar-refractivity contribution in [1.82, 2.24) is 19.4 Å². The van der Waals surface area contributed by atoms with Crippen LogP contribution in [0, 0.1) is 11.3 Å². The number of carbonyl (C=O) groups is 1. The topological polar surface area (TPSA) is 117 Å². The van der Waals surface area contributed by atoms with Crippen LogP contribution in [0.25, 0.3) is 11.0 Å². The SMILES string of the molecule is N#Cc1ccc(COc2cccc(N3CCN(Cc4nc5ccc(C(=O)O)cc5n4CC4CCO4)CC3)c2)nc1. The first kappa shape index (κ1) is 25.8. The van der Waals surface area contributed by atoms with Crippen molar-refractivity contribution >= 4 is 22.7 Å². The number of hydrogen-bond donors (Lipinski definition) is 1. The molecule has 10 heteroatoms. The fourth-order valence-corrected chi connectivity index (χ4v) is 5.13. The van der Waals surface area contributed by atoms with Gasteiger partial charge in [0.2, 0.25) is 0 Å². The largest absolute Gasteiger partial charge is 0.487 e. The van der Waals surface area contributed by atoms with Gasteiger partial charge in [-0.3, -0.25) is 9.88 Å². The zero-order valence-corrected chi connectivity index (χ0v) is 22.1. The van der Waals surface area contributed by atoms with Crippen molar-refractivity contribution in [2.24, 2.45) is 0 Å². The highest BCUT2D eigenvalue weighted by Crippen LogP contribution is 2.26. The van der Waals surface area contributed by atoms with Gasteiger partial charge in [-0.05, 0) is 48.9 Å². The van der Waals surface area contributed by atoms with Crippen LogP contribution in [0.4, 0.5) is 5.69 Å². The molecule has 6 rings (SSSR count). The summed E-state index contributed by atoms with van der Waals surface area (Å²) in [5.74, 6) is 0.777. The summed E-state index contributed by atoms with van der Waals surface area (Å²) in [6, 6.07) is 18.8. The number of anilines is 1. The summed E-state index contributed by atoms with van der Waals surface area (Å²) in [7, 11) is 0. The van der Waals surface area contributed by atoms with Gasteiger partial charge in [0, 0.05) is 50.7 Å². The zero-order chi connectivity index (χ0) is 27.5. The lowest BCUT2D eigenvalue weighted by Crippen LogP contribution is -2.46. The predicted octanol–water partition coefficient (Wildman–Crippen LogP) is 3.69. The Morgan fingerprint density at radius 3 is 2.67 bits per heavy atom. The van der Waals surface area contributed by atoms with Crippen molar-refractivity contribution in [3.63, 3.8) is 0 Å². The molecule has 0 bridgehead atoms. The Morgan fingerprint density at radius 2 is 1.98 bits per heavy atom. The number of aromatic carboxylic acids is 1. The summed E-state index contributed by atoms with van der Waals surface area (Å²) in [6.07, 6.45) is 2.70. The van der Waals surface area contributed by atoms with E-state index in [0.717, 1.165) is 73.2 Å². The monoisotopic (exact) mass is 538 g/mol. The third-order valence-corrected chi connectivity index (χ3v) is 7.51. The highest BCUT2D eigenvalue weighted by molar-refractivity contribution is 5.92. The number of imidazole rings is 1. The Morgan fingerprint density at radius 1 is 1.12 bits per heavy atom. The number of nitrogens with zero attached hydrogens (tertiary/aromatic N) is 6. The predicted molar refractivity (Wildman–Crippen MR) is 148 cm³/mol. The molecule has 2 aromatic carbocycles. The van der Waals surface area contributed by atoms with E-state index in [0.29, 0.717) is 25.3 Å². The van der Waals surface area contributed by atoms with E-state index in [2.05, 4.69) is 37.6 Å². The molecule has 2 aliphatic heterocycles. The molecule has 2 aromatic heterocycles. The van der Waals surface area contributed by atoms with E-state index in [9.17, 15) is 9.90 Å². The van der Waals surface area contributed by atoms with E-state index < -0.39 is 5.97 Å². The Hall–Kier alpha value is -4.46. The molecule has 1 unspecified atom stereocenters. The van der Waals surface area contributed by atoms with Crippen LogP contribution in [0.1, 0.15) is 33.9 Å². The molecule has 0 radical (unpaired) electrons. The molecule has 1 atom stereocenters. The fraction of sp³-hybridized carbons (Fsp3) is 0.333. The Balaban J connectivity index is 1.10. The second-order valence-corrected chi connectivity index (χ2v) is 10.1. The third-order valence-electron chi connectivity index (χ3n) is 7.51. The molecule has 0 spiro atoms. The van der Waals surface area contributed by atoms with Crippen molar-refractivity contribution in [3.8, 4) is 11.8 Å². The molecule has 0 aliphatic carbocycles. The number of aromatic nitrogens is 3. The normalized spacial score (nSPS) is 17.4. The average Bonchev–Trinajstić information content (AvgIpc) is 3.30. The smallest absolute Gasteiger partial charge is 0.335 e. The maximum absolute atomic E-state index is 11.6. The summed E-state index contributed by atoms with van der Waals surface area (Å²) in [5.41, 5.74) is 4.33. The van der Waals surface area contributed by atoms with Gasteiger partial charge in [0.05, 0.1) is 47.0 Å². The lowest BCUT2D eigenvalue weighted by molar-refractivity contribution is -0.0592. The average molecular weight is 539 g/mol. The van der Waals surface area contributed by atoms with Gasteiger partial charge in [-0.2, -0.15) is 5.26 Å². The van der Waals surface area contributed by atoms with E-state index in [1.165, 1.54) is 0 Å². The van der Waals surface area contributed by atoms with Crippen LogP contribution in [0.2, 0.25) is 0 Å². The molecule has 40 heavy (non-hydrogen) atoms. The summed E-state index contributed by atoms with van der Waals surface area (Å²) in [4.78, 5) is 25.5. The molecule has 2 saturated heterocycles. The third kappa shape index (κ3) is 5.61. The van der Waals surface area contributed by atoms with Crippen LogP contribution in [0.5, 0.6) is 5.75 Å². The van der Waals surface area contributed by atoms with Crippen LogP contribution in [0.15, 0.2) is 60.8 Å². The first-order chi connectivity index (χ1) is 19.6. The lowest BCUT2D eigenvalue weighted by Gasteiger charge is -2.36. The number of carboxylic acids is 1. The zero-order valence-electron chi connectivity index (χ0n) is 22.1. The summed E-state index contributed by atoms with van der Waals surface area (Å²) < 4.78 is 13.8. The number of rotatable bonds is 9. The number of hydrogen-bond acceptors (Lipinski definition) is 8. The highest BCUT2D eigenvalue weighted by atomic mass is 16.5. The van der Waals surface area contributed by atoms with Crippen molar-refractivity contribution in [2.45, 2.75) is 32.2 Å². The number of carboxylic acid groups (broad SMARTS) is 1. The minimum atomic E-state index is -0.937. The minimum Gasteiger partial charge on any atom is -0.487 e. The summed E-state index contributed by atoms with van der Waals surface area (Å²) in [5, 5.41) is 18.4. The fourth-order valence-electron chi connectivity index (χ4n) is 5.13. The summed E-state index contributed by atoms with van der Waals surface area (Å²) in [6.45, 7) is 5.98. The second kappa shape index (κ2) is 11.3. The highest BCUT2D eigenvalue weighted by Gasteiger charge is 2.25. The first-order valence-corrected chi connectivity index (χ1v) is 13.4. The molecular formula is C30H30N6O4. The van der Waals surface area contributed by atoms with E-state index in [1.807, 2.05) is 12.1 Å². The number of ether oxygens (including phenoxy) is 2. The van der Waals surface area contributed by atoms with Gasteiger partial charge in [0.15, 0.2) is 0 Å².